The third-order valence-corrected chi connectivity index (χ3v) is 3.26. The van der Waals surface area contributed by atoms with Gasteiger partial charge in [-0.1, -0.05) is 29.3 Å². The van der Waals surface area contributed by atoms with E-state index in [-0.39, 0.29) is 6.42 Å². The van der Waals surface area contributed by atoms with Crippen molar-refractivity contribution >= 4 is 41.0 Å². The highest BCUT2D eigenvalue weighted by Crippen LogP contribution is 2.22. The van der Waals surface area contributed by atoms with Crippen LogP contribution in [0.15, 0.2) is 18.2 Å². The van der Waals surface area contributed by atoms with Crippen molar-refractivity contribution in [3.8, 4) is 0 Å². The number of carboxylic acids is 1. The van der Waals surface area contributed by atoms with E-state index in [4.69, 9.17) is 34.0 Å². The lowest BCUT2D eigenvalue weighted by Gasteiger charge is -2.13. The number of primary amides is 1. The van der Waals surface area contributed by atoms with Gasteiger partial charge in [0.25, 0.3) is 0 Å². The van der Waals surface area contributed by atoms with Crippen LogP contribution in [-0.2, 0) is 20.8 Å². The highest BCUT2D eigenvalue weighted by atomic mass is 35.5. The summed E-state index contributed by atoms with van der Waals surface area (Å²) in [5, 5.41) is 12.0. The minimum absolute atomic E-state index is 0.0316. The maximum Gasteiger partial charge on any atom is 0.326 e. The monoisotopic (exact) mass is 332 g/mol. The summed E-state index contributed by atoms with van der Waals surface area (Å²) in [6.07, 6.45) is -0.0998. The van der Waals surface area contributed by atoms with Crippen LogP contribution in [0.2, 0.25) is 10.0 Å². The minimum Gasteiger partial charge on any atom is -0.480 e. The molecule has 0 aromatic heterocycles. The molecule has 0 saturated carbocycles. The number of carboxylic acid groups (broad SMARTS) is 1. The molecule has 2 amide bonds. The number of benzene rings is 1. The van der Waals surface area contributed by atoms with Gasteiger partial charge >= 0.3 is 5.97 Å². The van der Waals surface area contributed by atoms with Crippen LogP contribution in [0, 0.1) is 0 Å². The molecule has 0 heterocycles. The predicted octanol–water partition coefficient (Wildman–Crippen LogP) is 1.37. The Balaban J connectivity index is 2.56. The van der Waals surface area contributed by atoms with Gasteiger partial charge in [-0.2, -0.15) is 0 Å². The Kier molecular flexibility index (Phi) is 6.45. The number of hydrogen-bond acceptors (Lipinski definition) is 3. The lowest BCUT2D eigenvalue weighted by Crippen LogP contribution is -2.43. The molecule has 4 N–H and O–H groups in total. The summed E-state index contributed by atoms with van der Waals surface area (Å²) < 4.78 is 0. The van der Waals surface area contributed by atoms with E-state index in [2.05, 4.69) is 5.32 Å². The normalized spacial score (nSPS) is 11.7. The van der Waals surface area contributed by atoms with E-state index in [1.54, 1.807) is 18.2 Å². The molecule has 8 heteroatoms. The van der Waals surface area contributed by atoms with Gasteiger partial charge < -0.3 is 16.2 Å². The molecular formula is C13H14Cl2N2O4. The van der Waals surface area contributed by atoms with E-state index in [1.807, 2.05) is 0 Å². The molecule has 0 aliphatic carbocycles. The van der Waals surface area contributed by atoms with Crippen LogP contribution in [0.25, 0.3) is 0 Å². The number of carbonyl (C=O) groups is 3. The largest absolute Gasteiger partial charge is 0.480 e. The van der Waals surface area contributed by atoms with Crippen molar-refractivity contribution in [2.75, 3.05) is 0 Å². The Labute approximate surface area is 131 Å². The number of aliphatic carboxylic acids is 1. The molecule has 6 nitrogen and oxygen atoms in total. The third-order valence-electron chi connectivity index (χ3n) is 2.68. The highest BCUT2D eigenvalue weighted by molar-refractivity contribution is 6.35. The molecule has 0 bridgehead atoms. The summed E-state index contributed by atoms with van der Waals surface area (Å²) in [5.74, 6) is -2.62. The third kappa shape index (κ3) is 6.01. The fraction of sp³-hybridized carbons (Fsp3) is 0.308. The minimum atomic E-state index is -1.32. The summed E-state index contributed by atoms with van der Waals surface area (Å²) in [7, 11) is 0. The quantitative estimate of drug-likeness (QED) is 0.700. The number of amides is 2. The molecule has 0 saturated heterocycles. The van der Waals surface area contributed by atoms with E-state index in [1.165, 1.54) is 0 Å². The maximum atomic E-state index is 11.7. The molecule has 0 fully saturated rings. The molecule has 0 aliphatic rings. The predicted molar refractivity (Wildman–Crippen MR) is 78.2 cm³/mol. The Bertz CT molecular complexity index is 563. The van der Waals surface area contributed by atoms with Gasteiger partial charge in [0.15, 0.2) is 0 Å². The van der Waals surface area contributed by atoms with Gasteiger partial charge in [0.1, 0.15) is 6.04 Å². The van der Waals surface area contributed by atoms with Crippen LogP contribution >= 0.6 is 23.2 Å². The van der Waals surface area contributed by atoms with E-state index in [0.717, 1.165) is 5.56 Å². The maximum absolute atomic E-state index is 11.7. The smallest absolute Gasteiger partial charge is 0.326 e. The van der Waals surface area contributed by atoms with E-state index >= 15 is 0 Å². The molecule has 114 valence electrons. The van der Waals surface area contributed by atoms with Crippen LogP contribution < -0.4 is 11.1 Å². The standard InChI is InChI=1S/C13H14Cl2N2O4/c14-8-3-1-7(9(15)5-8)2-4-12(19)17-10(13(20)21)6-11(16)18/h1,3,5,10H,2,4,6H2,(H2,16,18)(H,17,19)(H,20,21)/t10-/m0/s1. The van der Waals surface area contributed by atoms with Crippen molar-refractivity contribution in [2.24, 2.45) is 5.73 Å². The number of hydrogen-bond donors (Lipinski definition) is 3. The second-order valence-electron chi connectivity index (χ2n) is 4.36. The molecule has 1 atom stereocenters. The zero-order valence-corrected chi connectivity index (χ0v) is 12.4. The summed E-state index contributed by atoms with van der Waals surface area (Å²) >= 11 is 11.7. The Morgan fingerprint density at radius 3 is 2.48 bits per heavy atom. The van der Waals surface area contributed by atoms with Gasteiger partial charge in [0.05, 0.1) is 6.42 Å². The van der Waals surface area contributed by atoms with Crippen LogP contribution in [0.1, 0.15) is 18.4 Å². The number of nitrogens with one attached hydrogen (secondary N) is 1. The molecule has 0 radical (unpaired) electrons. The fourth-order valence-corrected chi connectivity index (χ4v) is 2.14. The molecular weight excluding hydrogens is 319 g/mol. The zero-order valence-electron chi connectivity index (χ0n) is 10.9. The van der Waals surface area contributed by atoms with Crippen molar-refractivity contribution in [3.63, 3.8) is 0 Å². The van der Waals surface area contributed by atoms with E-state index in [0.29, 0.717) is 16.5 Å². The van der Waals surface area contributed by atoms with Gasteiger partial charge in [0.2, 0.25) is 11.8 Å². The van der Waals surface area contributed by atoms with E-state index in [9.17, 15) is 14.4 Å². The zero-order chi connectivity index (χ0) is 16.0. The molecule has 0 spiro atoms. The topological polar surface area (TPSA) is 109 Å². The van der Waals surface area contributed by atoms with Crippen LogP contribution in [-0.4, -0.2) is 28.9 Å². The van der Waals surface area contributed by atoms with Crippen LogP contribution in [0.3, 0.4) is 0 Å². The first-order chi connectivity index (χ1) is 9.79. The van der Waals surface area contributed by atoms with Gasteiger partial charge in [0, 0.05) is 16.5 Å². The number of carbonyl (C=O) groups excluding carboxylic acids is 2. The molecule has 21 heavy (non-hydrogen) atoms. The molecule has 1 aromatic rings. The summed E-state index contributed by atoms with van der Waals surface area (Å²) in [5.41, 5.74) is 5.64. The van der Waals surface area contributed by atoms with Gasteiger partial charge in [-0.15, -0.1) is 0 Å². The fourth-order valence-electron chi connectivity index (χ4n) is 1.64. The van der Waals surface area contributed by atoms with Gasteiger partial charge in [-0.05, 0) is 24.1 Å². The van der Waals surface area contributed by atoms with Crippen LogP contribution in [0.5, 0.6) is 0 Å². The summed E-state index contributed by atoms with van der Waals surface area (Å²) in [6.45, 7) is 0. The molecule has 1 rings (SSSR count). The number of aryl methyl sites for hydroxylation is 1. The average molecular weight is 333 g/mol. The number of nitrogens with two attached hydrogens (primary N) is 1. The number of rotatable bonds is 7. The van der Waals surface area contributed by atoms with Gasteiger partial charge in [-0.3, -0.25) is 9.59 Å². The summed E-state index contributed by atoms with van der Waals surface area (Å²) in [6, 6.07) is 3.57. The number of halogens is 2. The molecule has 0 aliphatic heterocycles. The van der Waals surface area contributed by atoms with Crippen molar-refractivity contribution in [1.82, 2.24) is 5.32 Å². The average Bonchev–Trinajstić information content (AvgIpc) is 2.36. The molecule has 0 unspecified atom stereocenters. The highest BCUT2D eigenvalue weighted by Gasteiger charge is 2.21. The van der Waals surface area contributed by atoms with Gasteiger partial charge in [-0.25, -0.2) is 4.79 Å². The van der Waals surface area contributed by atoms with Crippen molar-refractivity contribution in [2.45, 2.75) is 25.3 Å². The Hall–Kier alpha value is -1.79. The van der Waals surface area contributed by atoms with E-state index < -0.39 is 30.2 Å². The summed E-state index contributed by atoms with van der Waals surface area (Å²) in [4.78, 5) is 33.3. The van der Waals surface area contributed by atoms with Crippen molar-refractivity contribution in [1.29, 1.82) is 0 Å². The lowest BCUT2D eigenvalue weighted by atomic mass is 10.1. The Morgan fingerprint density at radius 1 is 1.29 bits per heavy atom. The molecule has 1 aromatic carbocycles. The Morgan fingerprint density at radius 2 is 1.95 bits per heavy atom. The first-order valence-corrected chi connectivity index (χ1v) is 6.79. The lowest BCUT2D eigenvalue weighted by molar-refractivity contribution is -0.143. The van der Waals surface area contributed by atoms with Crippen molar-refractivity contribution < 1.29 is 19.5 Å². The first-order valence-electron chi connectivity index (χ1n) is 6.04. The second kappa shape index (κ2) is 7.85. The second-order valence-corrected chi connectivity index (χ2v) is 5.21. The van der Waals surface area contributed by atoms with Crippen molar-refractivity contribution in [3.05, 3.63) is 33.8 Å². The first kappa shape index (κ1) is 17.3. The SMILES string of the molecule is NC(=O)C[C@H](NC(=O)CCc1ccc(Cl)cc1Cl)C(=O)O. The van der Waals surface area contributed by atoms with Crippen LogP contribution in [0.4, 0.5) is 0 Å².